The number of nitrogens with zero attached hydrogens (tertiary/aromatic N) is 3. The molecule has 0 aliphatic carbocycles. The summed E-state index contributed by atoms with van der Waals surface area (Å²) in [6, 6.07) is -1.37. The molecule has 126 valence electrons. The van der Waals surface area contributed by atoms with E-state index in [0.29, 0.717) is 0 Å². The van der Waals surface area contributed by atoms with Gasteiger partial charge in [-0.25, -0.2) is 14.3 Å². The summed E-state index contributed by atoms with van der Waals surface area (Å²) in [6.45, 7) is 2.56. The third-order valence-electron chi connectivity index (χ3n) is 2.81. The first-order valence-electron chi connectivity index (χ1n) is 6.60. The Morgan fingerprint density at radius 1 is 1.52 bits per heavy atom. The van der Waals surface area contributed by atoms with E-state index >= 15 is 0 Å². The van der Waals surface area contributed by atoms with Crippen LogP contribution in [-0.4, -0.2) is 50.1 Å². The maximum atomic E-state index is 12.0. The minimum atomic E-state index is -1.37. The van der Waals surface area contributed by atoms with Crippen molar-refractivity contribution in [2.75, 3.05) is 6.61 Å². The Morgan fingerprint density at radius 3 is 2.70 bits per heavy atom. The molecule has 0 unspecified atom stereocenters. The summed E-state index contributed by atoms with van der Waals surface area (Å²) in [6.07, 6.45) is 0.346. The van der Waals surface area contributed by atoms with Crippen molar-refractivity contribution in [2.24, 2.45) is 0 Å². The van der Waals surface area contributed by atoms with Gasteiger partial charge in [-0.2, -0.15) is 0 Å². The molecule has 1 heterocycles. The second-order valence-electron chi connectivity index (χ2n) is 4.48. The van der Waals surface area contributed by atoms with Crippen molar-refractivity contribution in [3.8, 4) is 0 Å². The normalized spacial score (nSPS) is 11.6. The molecule has 0 aliphatic heterocycles. The number of amides is 1. The number of hydrogen-bond donors (Lipinski definition) is 2. The third-order valence-corrected chi connectivity index (χ3v) is 2.81. The zero-order valence-corrected chi connectivity index (χ0v) is 12.5. The zero-order chi connectivity index (χ0) is 17.6. The van der Waals surface area contributed by atoms with Gasteiger partial charge in [0.2, 0.25) is 0 Å². The molecule has 0 saturated heterocycles. The summed E-state index contributed by atoms with van der Waals surface area (Å²) < 4.78 is 5.72. The van der Waals surface area contributed by atoms with Gasteiger partial charge in [-0.3, -0.25) is 9.59 Å². The van der Waals surface area contributed by atoms with E-state index in [1.165, 1.54) is 13.8 Å². The van der Waals surface area contributed by atoms with Crippen molar-refractivity contribution in [1.29, 1.82) is 0 Å². The van der Waals surface area contributed by atoms with Gasteiger partial charge in [-0.15, -0.1) is 0 Å². The fourth-order valence-corrected chi connectivity index (χ4v) is 1.79. The van der Waals surface area contributed by atoms with Gasteiger partial charge in [0.1, 0.15) is 12.2 Å². The molecule has 11 nitrogen and oxygen atoms in total. The highest BCUT2D eigenvalue weighted by atomic mass is 16.6. The Bertz CT molecular complexity index is 625. The quantitative estimate of drug-likeness (QED) is 0.372. The lowest BCUT2D eigenvalue weighted by Gasteiger charge is -2.15. The average molecular weight is 328 g/mol. The van der Waals surface area contributed by atoms with Crippen LogP contribution in [-0.2, 0) is 25.7 Å². The number of esters is 1. The average Bonchev–Trinajstić information content (AvgIpc) is 2.79. The van der Waals surface area contributed by atoms with E-state index in [4.69, 9.17) is 5.11 Å². The Balaban J connectivity index is 2.83. The predicted molar refractivity (Wildman–Crippen MR) is 74.4 cm³/mol. The third kappa shape index (κ3) is 5.05. The van der Waals surface area contributed by atoms with Crippen LogP contribution in [0, 0.1) is 17.0 Å². The number of nitrogens with one attached hydrogen (secondary N) is 1. The highest BCUT2D eigenvalue weighted by Gasteiger charge is 2.27. The van der Waals surface area contributed by atoms with Gasteiger partial charge in [0.05, 0.1) is 13.0 Å². The Morgan fingerprint density at radius 2 is 2.17 bits per heavy atom. The molecule has 1 rings (SSSR count). The SMILES string of the molecule is CCOC(=O)[C@H](CC(=O)O)NC(=O)Cn1c([N+](=O)[O-])cnc1C. The molecule has 0 aliphatic rings. The van der Waals surface area contributed by atoms with Crippen LogP contribution in [0.15, 0.2) is 6.20 Å². The number of carboxylic acid groups (broad SMARTS) is 1. The van der Waals surface area contributed by atoms with Gasteiger partial charge in [-0.1, -0.05) is 0 Å². The number of rotatable bonds is 8. The lowest BCUT2D eigenvalue weighted by molar-refractivity contribution is -0.392. The number of carbonyl (C=O) groups excluding carboxylic acids is 2. The van der Waals surface area contributed by atoms with Crippen molar-refractivity contribution in [2.45, 2.75) is 32.9 Å². The Kier molecular flexibility index (Phi) is 6.18. The largest absolute Gasteiger partial charge is 0.481 e. The van der Waals surface area contributed by atoms with Crippen molar-refractivity contribution in [1.82, 2.24) is 14.9 Å². The molecule has 1 atom stereocenters. The van der Waals surface area contributed by atoms with Gasteiger partial charge in [0.25, 0.3) is 5.91 Å². The maximum Gasteiger partial charge on any atom is 0.343 e. The van der Waals surface area contributed by atoms with Crippen LogP contribution in [0.2, 0.25) is 0 Å². The molecule has 0 fully saturated rings. The number of imidazole rings is 1. The van der Waals surface area contributed by atoms with Crippen LogP contribution in [0.5, 0.6) is 0 Å². The van der Waals surface area contributed by atoms with Gasteiger partial charge in [0.15, 0.2) is 12.4 Å². The highest BCUT2D eigenvalue weighted by Crippen LogP contribution is 2.13. The summed E-state index contributed by atoms with van der Waals surface area (Å²) >= 11 is 0. The van der Waals surface area contributed by atoms with E-state index in [0.717, 1.165) is 10.8 Å². The number of carbonyl (C=O) groups is 3. The number of hydrogen-bond acceptors (Lipinski definition) is 7. The van der Waals surface area contributed by atoms with Crippen LogP contribution < -0.4 is 5.32 Å². The molecule has 0 saturated carbocycles. The lowest BCUT2D eigenvalue weighted by Crippen LogP contribution is -2.44. The molecule has 0 spiro atoms. The molecule has 1 aromatic rings. The summed E-state index contributed by atoms with van der Waals surface area (Å²) in [7, 11) is 0. The molecule has 0 bridgehead atoms. The van der Waals surface area contributed by atoms with Crippen LogP contribution in [0.1, 0.15) is 19.2 Å². The van der Waals surface area contributed by atoms with E-state index in [1.807, 2.05) is 0 Å². The topological polar surface area (TPSA) is 154 Å². The van der Waals surface area contributed by atoms with Crippen LogP contribution in [0.25, 0.3) is 0 Å². The number of aryl methyl sites for hydroxylation is 1. The van der Waals surface area contributed by atoms with Crippen LogP contribution in [0.4, 0.5) is 5.82 Å². The van der Waals surface area contributed by atoms with E-state index in [2.05, 4.69) is 15.0 Å². The van der Waals surface area contributed by atoms with Crippen LogP contribution >= 0.6 is 0 Å². The number of ether oxygens (including phenoxy) is 1. The highest BCUT2D eigenvalue weighted by molar-refractivity contribution is 5.87. The monoisotopic (exact) mass is 328 g/mol. The number of carboxylic acids is 1. The van der Waals surface area contributed by atoms with Gasteiger partial charge >= 0.3 is 17.8 Å². The maximum absolute atomic E-state index is 12.0. The first-order chi connectivity index (χ1) is 10.8. The summed E-state index contributed by atoms with van der Waals surface area (Å²) in [5.41, 5.74) is 0. The van der Waals surface area contributed by atoms with Crippen LogP contribution in [0.3, 0.4) is 0 Å². The lowest BCUT2D eigenvalue weighted by atomic mass is 10.2. The van der Waals surface area contributed by atoms with E-state index in [1.54, 1.807) is 0 Å². The van der Waals surface area contributed by atoms with E-state index in [-0.39, 0.29) is 18.2 Å². The first-order valence-corrected chi connectivity index (χ1v) is 6.60. The van der Waals surface area contributed by atoms with Crippen molar-refractivity contribution in [3.63, 3.8) is 0 Å². The minimum Gasteiger partial charge on any atom is -0.481 e. The van der Waals surface area contributed by atoms with Crippen molar-refractivity contribution < 1.29 is 29.2 Å². The summed E-state index contributed by atoms with van der Waals surface area (Å²) in [5.74, 6) is -3.11. The van der Waals surface area contributed by atoms with E-state index in [9.17, 15) is 24.5 Å². The summed E-state index contributed by atoms with van der Waals surface area (Å²) in [4.78, 5) is 48.2. The van der Waals surface area contributed by atoms with Gasteiger partial charge in [0, 0.05) is 6.92 Å². The Labute approximate surface area is 130 Å². The summed E-state index contributed by atoms with van der Waals surface area (Å²) in [5, 5.41) is 21.8. The molecule has 0 aromatic carbocycles. The fourth-order valence-electron chi connectivity index (χ4n) is 1.79. The number of nitro groups is 1. The standard InChI is InChI=1S/C12H16N4O7/c1-3-23-12(20)8(4-11(18)19)14-9(17)6-15-7(2)13-5-10(15)16(21)22/h5,8H,3-4,6H2,1-2H3,(H,14,17)(H,18,19)/t8-/m0/s1. The molecule has 2 N–H and O–H groups in total. The molecule has 0 radical (unpaired) electrons. The predicted octanol–water partition coefficient (Wildman–Crippen LogP) is -0.378. The molecule has 1 amide bonds. The molecule has 11 heteroatoms. The first kappa shape index (κ1) is 18.1. The molecular weight excluding hydrogens is 312 g/mol. The van der Waals surface area contributed by atoms with Gasteiger partial charge in [-0.05, 0) is 11.8 Å². The van der Waals surface area contributed by atoms with E-state index < -0.39 is 41.8 Å². The molecule has 23 heavy (non-hydrogen) atoms. The van der Waals surface area contributed by atoms with Gasteiger partial charge < -0.3 is 25.3 Å². The second kappa shape index (κ2) is 7.87. The fraction of sp³-hybridized carbons (Fsp3) is 0.500. The molecular formula is C12H16N4O7. The smallest absolute Gasteiger partial charge is 0.343 e. The zero-order valence-electron chi connectivity index (χ0n) is 12.5. The Hall–Kier alpha value is -2.98. The molecule has 1 aromatic heterocycles. The van der Waals surface area contributed by atoms with Crippen molar-refractivity contribution in [3.05, 3.63) is 22.1 Å². The minimum absolute atomic E-state index is 0.0247. The van der Waals surface area contributed by atoms with Crippen molar-refractivity contribution >= 4 is 23.7 Å². The second-order valence-corrected chi connectivity index (χ2v) is 4.48. The number of aromatic nitrogens is 2. The number of aliphatic carboxylic acids is 1.